The normalized spacial score (nSPS) is 23.7. The average Bonchev–Trinajstić information content (AvgIpc) is 2.41. The Bertz CT molecular complexity index is 207. The predicted octanol–water partition coefficient (Wildman–Crippen LogP) is 0.812. The minimum atomic E-state index is 1.02. The topological polar surface area (TPSA) is 18.8 Å². The molecule has 3 nitrogen and oxygen atoms in total. The molecule has 2 aliphatic heterocycles. The second-order valence-corrected chi connectivity index (χ2v) is 2.71. The predicted molar refractivity (Wildman–Crippen MR) is 40.3 cm³/mol. The standard InChI is InChI=1S/C7H11N3/c1-6-9(2)8-7-4-3-5-10(6)7/h1,3-5H2,2H3. The van der Waals surface area contributed by atoms with E-state index >= 15 is 0 Å². The Morgan fingerprint density at radius 3 is 3.10 bits per heavy atom. The highest BCUT2D eigenvalue weighted by atomic mass is 15.6. The van der Waals surface area contributed by atoms with Gasteiger partial charge in [-0.2, -0.15) is 5.10 Å². The minimum Gasteiger partial charge on any atom is -0.314 e. The summed E-state index contributed by atoms with van der Waals surface area (Å²) in [5, 5.41) is 6.15. The van der Waals surface area contributed by atoms with Crippen LogP contribution in [0.4, 0.5) is 0 Å². The van der Waals surface area contributed by atoms with Gasteiger partial charge in [-0.1, -0.05) is 6.58 Å². The van der Waals surface area contributed by atoms with Crippen molar-refractivity contribution in [1.82, 2.24) is 9.91 Å². The molecule has 0 N–H and O–H groups in total. The molecule has 0 amide bonds. The number of hydrogen-bond acceptors (Lipinski definition) is 3. The first kappa shape index (κ1) is 5.77. The molecule has 0 aromatic carbocycles. The highest BCUT2D eigenvalue weighted by molar-refractivity contribution is 5.86. The van der Waals surface area contributed by atoms with E-state index in [1.54, 1.807) is 0 Å². The van der Waals surface area contributed by atoms with Gasteiger partial charge in [-0.05, 0) is 6.42 Å². The van der Waals surface area contributed by atoms with E-state index in [1.165, 1.54) is 12.3 Å². The molecule has 0 bridgehead atoms. The van der Waals surface area contributed by atoms with E-state index in [2.05, 4.69) is 16.6 Å². The zero-order valence-electron chi connectivity index (χ0n) is 6.17. The van der Waals surface area contributed by atoms with E-state index in [9.17, 15) is 0 Å². The van der Waals surface area contributed by atoms with Gasteiger partial charge in [-0.15, -0.1) is 0 Å². The SMILES string of the molecule is C=C1N(C)N=C2CCCN12. The van der Waals surface area contributed by atoms with Gasteiger partial charge in [0.05, 0.1) is 0 Å². The first-order valence-corrected chi connectivity index (χ1v) is 3.56. The molecule has 0 aromatic rings. The first-order chi connectivity index (χ1) is 4.79. The fraction of sp³-hybridized carbons (Fsp3) is 0.571. The van der Waals surface area contributed by atoms with Crippen LogP contribution < -0.4 is 0 Å². The number of rotatable bonds is 0. The Kier molecular flexibility index (Phi) is 1.01. The summed E-state index contributed by atoms with van der Waals surface area (Å²) in [6, 6.07) is 0. The van der Waals surface area contributed by atoms with Crippen LogP contribution in [0.25, 0.3) is 0 Å². The molecule has 1 fully saturated rings. The van der Waals surface area contributed by atoms with E-state index < -0.39 is 0 Å². The maximum atomic E-state index is 4.31. The number of hydrazone groups is 1. The van der Waals surface area contributed by atoms with Crippen molar-refractivity contribution >= 4 is 5.84 Å². The van der Waals surface area contributed by atoms with Gasteiger partial charge in [0.15, 0.2) is 0 Å². The molecule has 0 saturated carbocycles. The summed E-state index contributed by atoms with van der Waals surface area (Å²) >= 11 is 0. The third-order valence-electron chi connectivity index (χ3n) is 2.04. The van der Waals surface area contributed by atoms with Crippen molar-refractivity contribution in [3.05, 3.63) is 12.4 Å². The molecule has 10 heavy (non-hydrogen) atoms. The molecule has 1 saturated heterocycles. The molecule has 3 heteroatoms. The van der Waals surface area contributed by atoms with Gasteiger partial charge in [0.25, 0.3) is 0 Å². The molecule has 0 atom stereocenters. The van der Waals surface area contributed by atoms with Gasteiger partial charge >= 0.3 is 0 Å². The second-order valence-electron chi connectivity index (χ2n) is 2.71. The average molecular weight is 137 g/mol. The van der Waals surface area contributed by atoms with Crippen LogP contribution >= 0.6 is 0 Å². The molecule has 0 spiro atoms. The highest BCUT2D eigenvalue weighted by Gasteiger charge is 2.28. The fourth-order valence-electron chi connectivity index (χ4n) is 1.45. The number of amidine groups is 1. The van der Waals surface area contributed by atoms with Crippen LogP contribution in [0.3, 0.4) is 0 Å². The molecule has 2 aliphatic rings. The lowest BCUT2D eigenvalue weighted by Gasteiger charge is -2.15. The Morgan fingerprint density at radius 2 is 2.40 bits per heavy atom. The van der Waals surface area contributed by atoms with Crippen molar-refractivity contribution in [3.8, 4) is 0 Å². The van der Waals surface area contributed by atoms with Crippen LogP contribution in [0.2, 0.25) is 0 Å². The molecular formula is C7H11N3. The quantitative estimate of drug-likeness (QED) is 0.492. The van der Waals surface area contributed by atoms with E-state index in [1.807, 2.05) is 12.1 Å². The molecular weight excluding hydrogens is 126 g/mol. The van der Waals surface area contributed by atoms with Gasteiger partial charge in [-0.3, -0.25) is 5.01 Å². The Hall–Kier alpha value is -0.990. The molecule has 2 rings (SSSR count). The number of fused-ring (bicyclic) bond motifs is 1. The Balaban J connectivity index is 2.30. The lowest BCUT2D eigenvalue weighted by molar-refractivity contribution is 0.381. The third kappa shape index (κ3) is 0.574. The summed E-state index contributed by atoms with van der Waals surface area (Å²) in [6.07, 6.45) is 2.34. The Labute approximate surface area is 60.6 Å². The number of hydrogen-bond donors (Lipinski definition) is 0. The van der Waals surface area contributed by atoms with E-state index in [-0.39, 0.29) is 0 Å². The van der Waals surface area contributed by atoms with Crippen molar-refractivity contribution in [3.63, 3.8) is 0 Å². The molecule has 0 aliphatic carbocycles. The molecule has 0 aromatic heterocycles. The summed E-state index contributed by atoms with van der Waals surface area (Å²) in [5.41, 5.74) is 0. The fourth-order valence-corrected chi connectivity index (χ4v) is 1.45. The summed E-state index contributed by atoms with van der Waals surface area (Å²) in [6.45, 7) is 5.01. The second kappa shape index (κ2) is 1.75. The van der Waals surface area contributed by atoms with Crippen LogP contribution in [0.5, 0.6) is 0 Å². The summed E-state index contributed by atoms with van der Waals surface area (Å²) in [5.74, 6) is 2.21. The third-order valence-corrected chi connectivity index (χ3v) is 2.04. The van der Waals surface area contributed by atoms with Crippen molar-refractivity contribution in [1.29, 1.82) is 0 Å². The van der Waals surface area contributed by atoms with Crippen LogP contribution in [0.1, 0.15) is 12.8 Å². The monoisotopic (exact) mass is 137 g/mol. The number of nitrogens with zero attached hydrogens (tertiary/aromatic N) is 3. The van der Waals surface area contributed by atoms with Crippen LogP contribution in [0, 0.1) is 0 Å². The summed E-state index contributed by atoms with van der Waals surface area (Å²) in [7, 11) is 1.94. The van der Waals surface area contributed by atoms with Crippen LogP contribution in [-0.4, -0.2) is 29.3 Å². The van der Waals surface area contributed by atoms with Crippen molar-refractivity contribution in [2.45, 2.75) is 12.8 Å². The lowest BCUT2D eigenvalue weighted by Crippen LogP contribution is -2.21. The molecule has 0 unspecified atom stereocenters. The van der Waals surface area contributed by atoms with E-state index in [0.717, 1.165) is 18.8 Å². The van der Waals surface area contributed by atoms with Crippen LogP contribution in [0.15, 0.2) is 17.5 Å². The highest BCUT2D eigenvalue weighted by Crippen LogP contribution is 2.24. The summed E-state index contributed by atoms with van der Waals surface area (Å²) < 4.78 is 0. The van der Waals surface area contributed by atoms with Gasteiger partial charge in [0.1, 0.15) is 11.7 Å². The van der Waals surface area contributed by atoms with Gasteiger partial charge in [0.2, 0.25) is 0 Å². The van der Waals surface area contributed by atoms with Gasteiger partial charge in [0, 0.05) is 20.0 Å². The molecule has 54 valence electrons. The van der Waals surface area contributed by atoms with Gasteiger partial charge < -0.3 is 4.90 Å². The van der Waals surface area contributed by atoms with Crippen LogP contribution in [-0.2, 0) is 0 Å². The minimum absolute atomic E-state index is 1.02. The zero-order chi connectivity index (χ0) is 7.14. The molecule has 2 heterocycles. The summed E-state index contributed by atoms with van der Waals surface area (Å²) in [4.78, 5) is 2.18. The van der Waals surface area contributed by atoms with Crippen molar-refractivity contribution in [2.75, 3.05) is 13.6 Å². The maximum absolute atomic E-state index is 4.31. The van der Waals surface area contributed by atoms with E-state index in [0.29, 0.717) is 0 Å². The van der Waals surface area contributed by atoms with Gasteiger partial charge in [-0.25, -0.2) is 0 Å². The first-order valence-electron chi connectivity index (χ1n) is 3.56. The Morgan fingerprint density at radius 1 is 1.60 bits per heavy atom. The van der Waals surface area contributed by atoms with Crippen molar-refractivity contribution < 1.29 is 0 Å². The molecule has 0 radical (unpaired) electrons. The zero-order valence-corrected chi connectivity index (χ0v) is 6.17. The maximum Gasteiger partial charge on any atom is 0.131 e. The van der Waals surface area contributed by atoms with Crippen molar-refractivity contribution in [2.24, 2.45) is 5.10 Å². The largest absolute Gasteiger partial charge is 0.314 e. The van der Waals surface area contributed by atoms with E-state index in [4.69, 9.17) is 0 Å². The smallest absolute Gasteiger partial charge is 0.131 e. The lowest BCUT2D eigenvalue weighted by atomic mass is 10.4.